The maximum Gasteiger partial charge on any atom is 0.220 e. The lowest BCUT2D eigenvalue weighted by Crippen LogP contribution is -1.94. The molecule has 0 aliphatic rings. The summed E-state index contributed by atoms with van der Waals surface area (Å²) in [5.41, 5.74) is 1.49. The molecule has 5 heteroatoms. The van der Waals surface area contributed by atoms with Crippen LogP contribution in [0.15, 0.2) is 48.5 Å². The van der Waals surface area contributed by atoms with Crippen molar-refractivity contribution in [3.8, 4) is 11.6 Å². The number of hydrogen-bond acceptors (Lipinski definition) is 3. The summed E-state index contributed by atoms with van der Waals surface area (Å²) in [6.07, 6.45) is 0. The van der Waals surface area contributed by atoms with Crippen LogP contribution >= 0.6 is 23.2 Å². The van der Waals surface area contributed by atoms with Gasteiger partial charge >= 0.3 is 0 Å². The Hall–Kier alpha value is -1.81. The lowest BCUT2D eigenvalue weighted by atomic mass is 10.1. The van der Waals surface area contributed by atoms with Gasteiger partial charge in [0.2, 0.25) is 5.88 Å². The third-order valence-corrected chi connectivity index (χ3v) is 3.60. The number of halogens is 2. The summed E-state index contributed by atoms with van der Waals surface area (Å²) in [7, 11) is 0. The number of aliphatic hydroxyl groups is 1. The van der Waals surface area contributed by atoms with E-state index >= 15 is 0 Å². The molecule has 3 aromatic rings. The second kappa shape index (κ2) is 5.90. The molecule has 0 saturated heterocycles. The Kier molecular flexibility index (Phi) is 3.97. The molecule has 2 aromatic carbocycles. The number of aliphatic hydroxyl groups excluding tert-OH is 1. The Morgan fingerprint density at radius 3 is 2.67 bits per heavy atom. The first kappa shape index (κ1) is 14.1. The van der Waals surface area contributed by atoms with Crippen molar-refractivity contribution >= 4 is 34.1 Å². The first-order valence-electron chi connectivity index (χ1n) is 6.30. The maximum absolute atomic E-state index is 9.49. The highest BCUT2D eigenvalue weighted by Crippen LogP contribution is 2.32. The van der Waals surface area contributed by atoms with Gasteiger partial charge in [0.25, 0.3) is 0 Å². The average Bonchev–Trinajstić information content (AvgIpc) is 2.50. The summed E-state index contributed by atoms with van der Waals surface area (Å²) in [5.74, 6) is 0.790. The number of nitrogens with zero attached hydrogens (tertiary/aromatic N) is 1. The molecule has 0 aliphatic carbocycles. The van der Waals surface area contributed by atoms with Crippen LogP contribution in [0.4, 0.5) is 0 Å². The van der Waals surface area contributed by atoms with Gasteiger partial charge in [-0.05, 0) is 23.8 Å². The van der Waals surface area contributed by atoms with E-state index < -0.39 is 0 Å². The quantitative estimate of drug-likeness (QED) is 0.752. The number of fused-ring (bicyclic) bond motifs is 1. The Morgan fingerprint density at radius 2 is 1.86 bits per heavy atom. The van der Waals surface area contributed by atoms with E-state index in [1.165, 1.54) is 0 Å². The van der Waals surface area contributed by atoms with Crippen molar-refractivity contribution in [1.29, 1.82) is 0 Å². The van der Waals surface area contributed by atoms with E-state index in [2.05, 4.69) is 4.98 Å². The molecule has 0 bridgehead atoms. The predicted octanol–water partition coefficient (Wildman–Crippen LogP) is 4.83. The zero-order valence-electron chi connectivity index (χ0n) is 10.9. The first-order valence-corrected chi connectivity index (χ1v) is 7.05. The van der Waals surface area contributed by atoms with Gasteiger partial charge in [0, 0.05) is 22.5 Å². The number of pyridine rings is 1. The molecular weight excluding hydrogens is 309 g/mol. The number of aromatic nitrogens is 1. The van der Waals surface area contributed by atoms with E-state index in [9.17, 15) is 5.11 Å². The predicted molar refractivity (Wildman–Crippen MR) is 84.2 cm³/mol. The van der Waals surface area contributed by atoms with Crippen LogP contribution < -0.4 is 4.74 Å². The molecule has 1 N–H and O–H groups in total. The van der Waals surface area contributed by atoms with Crippen LogP contribution in [0.1, 0.15) is 5.56 Å². The molecule has 3 nitrogen and oxygen atoms in total. The van der Waals surface area contributed by atoms with Crippen molar-refractivity contribution in [1.82, 2.24) is 4.98 Å². The lowest BCUT2D eigenvalue weighted by molar-refractivity contribution is 0.282. The van der Waals surface area contributed by atoms with Crippen LogP contribution in [-0.2, 0) is 6.61 Å². The molecule has 0 aliphatic heterocycles. The number of rotatable bonds is 3. The molecule has 1 heterocycles. The van der Waals surface area contributed by atoms with Crippen molar-refractivity contribution in [2.75, 3.05) is 0 Å². The normalized spacial score (nSPS) is 10.8. The molecule has 0 atom stereocenters. The van der Waals surface area contributed by atoms with Crippen molar-refractivity contribution < 1.29 is 9.84 Å². The van der Waals surface area contributed by atoms with E-state index in [4.69, 9.17) is 27.9 Å². The Morgan fingerprint density at radius 1 is 1.05 bits per heavy atom. The number of hydrogen-bond donors (Lipinski definition) is 1. The van der Waals surface area contributed by atoms with Gasteiger partial charge in [-0.3, -0.25) is 0 Å². The van der Waals surface area contributed by atoms with Crippen molar-refractivity contribution in [3.05, 3.63) is 64.1 Å². The van der Waals surface area contributed by atoms with Crippen LogP contribution in [0, 0.1) is 0 Å². The van der Waals surface area contributed by atoms with Crippen LogP contribution in [0.2, 0.25) is 10.0 Å². The zero-order chi connectivity index (χ0) is 14.8. The van der Waals surface area contributed by atoms with Gasteiger partial charge in [-0.15, -0.1) is 0 Å². The number of para-hydroxylation sites is 1. The highest BCUT2D eigenvalue weighted by atomic mass is 35.5. The van der Waals surface area contributed by atoms with Crippen LogP contribution in [0.25, 0.3) is 10.9 Å². The van der Waals surface area contributed by atoms with Gasteiger partial charge in [-0.2, -0.15) is 0 Å². The van der Waals surface area contributed by atoms with Crippen LogP contribution in [0.5, 0.6) is 11.6 Å². The lowest BCUT2D eigenvalue weighted by Gasteiger charge is -2.10. The third kappa shape index (κ3) is 2.95. The molecule has 106 valence electrons. The minimum Gasteiger partial charge on any atom is -0.437 e. The fourth-order valence-electron chi connectivity index (χ4n) is 2.07. The topological polar surface area (TPSA) is 42.4 Å². The van der Waals surface area contributed by atoms with Gasteiger partial charge in [-0.1, -0.05) is 41.4 Å². The summed E-state index contributed by atoms with van der Waals surface area (Å²) < 4.78 is 5.70. The van der Waals surface area contributed by atoms with E-state index in [0.29, 0.717) is 21.7 Å². The molecule has 0 radical (unpaired) electrons. The summed E-state index contributed by atoms with van der Waals surface area (Å²) in [5, 5.41) is 11.4. The molecule has 21 heavy (non-hydrogen) atoms. The van der Waals surface area contributed by atoms with Crippen molar-refractivity contribution in [3.63, 3.8) is 0 Å². The van der Waals surface area contributed by atoms with Crippen LogP contribution in [0.3, 0.4) is 0 Å². The van der Waals surface area contributed by atoms with Gasteiger partial charge in [0.1, 0.15) is 5.75 Å². The largest absolute Gasteiger partial charge is 0.437 e. The van der Waals surface area contributed by atoms with Gasteiger partial charge in [-0.25, -0.2) is 4.98 Å². The summed E-state index contributed by atoms with van der Waals surface area (Å²) in [6, 6.07) is 14.2. The maximum atomic E-state index is 9.49. The summed E-state index contributed by atoms with van der Waals surface area (Å²) in [4.78, 5) is 4.41. The Balaban J connectivity index is 2.06. The van der Waals surface area contributed by atoms with Crippen molar-refractivity contribution in [2.24, 2.45) is 0 Å². The van der Waals surface area contributed by atoms with E-state index in [-0.39, 0.29) is 6.61 Å². The summed E-state index contributed by atoms with van der Waals surface area (Å²) >= 11 is 12.0. The van der Waals surface area contributed by atoms with E-state index in [0.717, 1.165) is 16.5 Å². The zero-order valence-corrected chi connectivity index (χ0v) is 12.4. The average molecular weight is 320 g/mol. The minimum atomic E-state index is -0.0946. The standard InChI is InChI=1S/C16H11Cl2NO2/c17-11-5-6-13(18)15(8-11)21-16-7-10(9-20)12-3-1-2-4-14(12)19-16/h1-8,20H,9H2. The fourth-order valence-corrected chi connectivity index (χ4v) is 2.39. The molecule has 0 unspecified atom stereocenters. The Labute approximate surface area is 131 Å². The molecule has 0 spiro atoms. The van der Waals surface area contributed by atoms with Gasteiger partial charge in [0.05, 0.1) is 17.1 Å². The third-order valence-electron chi connectivity index (χ3n) is 3.06. The second-order valence-electron chi connectivity index (χ2n) is 4.47. The number of benzene rings is 2. The van der Waals surface area contributed by atoms with Crippen molar-refractivity contribution in [2.45, 2.75) is 6.61 Å². The molecule has 0 saturated carbocycles. The molecule has 0 amide bonds. The highest BCUT2D eigenvalue weighted by molar-refractivity contribution is 6.34. The molecule has 0 fully saturated rings. The number of ether oxygens (including phenoxy) is 1. The smallest absolute Gasteiger partial charge is 0.220 e. The Bertz CT molecular complexity index is 805. The van der Waals surface area contributed by atoms with Crippen LogP contribution in [-0.4, -0.2) is 10.1 Å². The SMILES string of the molecule is OCc1cc(Oc2cc(Cl)ccc2Cl)nc2ccccc12. The molecule has 1 aromatic heterocycles. The van der Waals surface area contributed by atoms with E-state index in [1.807, 2.05) is 24.3 Å². The molecular formula is C16H11Cl2NO2. The van der Waals surface area contributed by atoms with Gasteiger partial charge in [0.15, 0.2) is 0 Å². The summed E-state index contributed by atoms with van der Waals surface area (Å²) in [6.45, 7) is -0.0946. The fraction of sp³-hybridized carbons (Fsp3) is 0.0625. The molecule has 3 rings (SSSR count). The van der Waals surface area contributed by atoms with E-state index in [1.54, 1.807) is 24.3 Å². The monoisotopic (exact) mass is 319 g/mol. The highest BCUT2D eigenvalue weighted by Gasteiger charge is 2.09. The van der Waals surface area contributed by atoms with Gasteiger partial charge < -0.3 is 9.84 Å². The second-order valence-corrected chi connectivity index (χ2v) is 5.32. The minimum absolute atomic E-state index is 0.0946. The first-order chi connectivity index (χ1) is 10.2.